The van der Waals surface area contributed by atoms with Crippen molar-refractivity contribution >= 4 is 5.91 Å². The van der Waals surface area contributed by atoms with Gasteiger partial charge in [0.2, 0.25) is 5.91 Å². The van der Waals surface area contributed by atoms with Gasteiger partial charge in [0.15, 0.2) is 0 Å². The van der Waals surface area contributed by atoms with Gasteiger partial charge in [-0.25, -0.2) is 0 Å². The Labute approximate surface area is 95.0 Å². The van der Waals surface area contributed by atoms with Gasteiger partial charge in [0.1, 0.15) is 6.10 Å². The third-order valence-electron chi connectivity index (χ3n) is 2.63. The quantitative estimate of drug-likeness (QED) is 0.821. The van der Waals surface area contributed by atoms with Gasteiger partial charge in [0.25, 0.3) is 0 Å². The molecule has 1 unspecified atom stereocenters. The standard InChI is InChI=1S/C12H16N2O2/c15-12(11-5-3-9-16-11)14-8-6-10-4-1-2-7-13-10/h1-2,4,7,11H,3,5-6,8-9H2,(H,14,15). The average Bonchev–Trinajstić information content (AvgIpc) is 2.84. The maximum absolute atomic E-state index is 11.6. The largest absolute Gasteiger partial charge is 0.368 e. The number of pyridine rings is 1. The highest BCUT2D eigenvalue weighted by Gasteiger charge is 2.22. The molecule has 1 amide bonds. The molecule has 86 valence electrons. The highest BCUT2D eigenvalue weighted by molar-refractivity contribution is 5.80. The van der Waals surface area contributed by atoms with Crippen LogP contribution in [0.5, 0.6) is 0 Å². The number of aromatic nitrogens is 1. The number of hydrogen-bond donors (Lipinski definition) is 1. The molecule has 16 heavy (non-hydrogen) atoms. The van der Waals surface area contributed by atoms with Gasteiger partial charge in [-0.15, -0.1) is 0 Å². The average molecular weight is 220 g/mol. The smallest absolute Gasteiger partial charge is 0.249 e. The van der Waals surface area contributed by atoms with Crippen LogP contribution < -0.4 is 5.32 Å². The van der Waals surface area contributed by atoms with E-state index in [-0.39, 0.29) is 12.0 Å². The van der Waals surface area contributed by atoms with Gasteiger partial charge < -0.3 is 10.1 Å². The Kier molecular flexibility index (Phi) is 3.88. The summed E-state index contributed by atoms with van der Waals surface area (Å²) in [6, 6.07) is 5.79. The lowest BCUT2D eigenvalue weighted by Gasteiger charge is -2.09. The predicted octanol–water partition coefficient (Wildman–Crippen LogP) is 0.919. The van der Waals surface area contributed by atoms with E-state index in [1.54, 1.807) is 6.20 Å². The van der Waals surface area contributed by atoms with Crippen molar-refractivity contribution in [2.75, 3.05) is 13.2 Å². The summed E-state index contributed by atoms with van der Waals surface area (Å²) in [5, 5.41) is 2.87. The van der Waals surface area contributed by atoms with E-state index in [1.165, 1.54) is 0 Å². The van der Waals surface area contributed by atoms with Crippen LogP contribution in [0.4, 0.5) is 0 Å². The first-order valence-electron chi connectivity index (χ1n) is 5.65. The summed E-state index contributed by atoms with van der Waals surface area (Å²) >= 11 is 0. The number of carbonyl (C=O) groups excluding carboxylic acids is 1. The number of carbonyl (C=O) groups is 1. The summed E-state index contributed by atoms with van der Waals surface area (Å²) in [6.45, 7) is 1.33. The molecule has 1 saturated heterocycles. The van der Waals surface area contributed by atoms with Crippen LogP contribution in [0.1, 0.15) is 18.5 Å². The summed E-state index contributed by atoms with van der Waals surface area (Å²) in [7, 11) is 0. The van der Waals surface area contributed by atoms with E-state index >= 15 is 0 Å². The molecule has 0 aromatic carbocycles. The van der Waals surface area contributed by atoms with Crippen molar-refractivity contribution in [1.82, 2.24) is 10.3 Å². The molecule has 1 aromatic heterocycles. The van der Waals surface area contributed by atoms with Crippen LogP contribution in [-0.4, -0.2) is 30.1 Å². The second kappa shape index (κ2) is 5.61. The zero-order valence-corrected chi connectivity index (χ0v) is 9.19. The van der Waals surface area contributed by atoms with Gasteiger partial charge in [0, 0.05) is 31.5 Å². The van der Waals surface area contributed by atoms with Crippen molar-refractivity contribution in [2.24, 2.45) is 0 Å². The topological polar surface area (TPSA) is 51.2 Å². The van der Waals surface area contributed by atoms with Gasteiger partial charge in [-0.05, 0) is 25.0 Å². The molecular weight excluding hydrogens is 204 g/mol. The summed E-state index contributed by atoms with van der Waals surface area (Å²) in [5.41, 5.74) is 0.996. The summed E-state index contributed by atoms with van der Waals surface area (Å²) < 4.78 is 5.29. The lowest BCUT2D eigenvalue weighted by molar-refractivity contribution is -0.129. The van der Waals surface area contributed by atoms with Gasteiger partial charge in [-0.1, -0.05) is 6.07 Å². The van der Waals surface area contributed by atoms with Crippen molar-refractivity contribution in [3.8, 4) is 0 Å². The minimum Gasteiger partial charge on any atom is -0.368 e. The fraction of sp³-hybridized carbons (Fsp3) is 0.500. The second-order valence-electron chi connectivity index (χ2n) is 3.86. The van der Waals surface area contributed by atoms with E-state index < -0.39 is 0 Å². The molecular formula is C12H16N2O2. The Hall–Kier alpha value is -1.42. The molecule has 2 heterocycles. The molecule has 2 rings (SSSR count). The van der Waals surface area contributed by atoms with E-state index in [0.717, 1.165) is 25.0 Å². The van der Waals surface area contributed by atoms with Crippen LogP contribution in [0.25, 0.3) is 0 Å². The van der Waals surface area contributed by atoms with Crippen LogP contribution in [0.15, 0.2) is 24.4 Å². The Morgan fingerprint density at radius 1 is 1.56 bits per heavy atom. The lowest BCUT2D eigenvalue weighted by atomic mass is 10.2. The Balaban J connectivity index is 1.70. The highest BCUT2D eigenvalue weighted by Crippen LogP contribution is 2.11. The molecule has 0 spiro atoms. The molecule has 1 fully saturated rings. The molecule has 4 nitrogen and oxygen atoms in total. The predicted molar refractivity (Wildman–Crippen MR) is 59.9 cm³/mol. The fourth-order valence-corrected chi connectivity index (χ4v) is 1.76. The Morgan fingerprint density at radius 3 is 3.19 bits per heavy atom. The van der Waals surface area contributed by atoms with E-state index in [0.29, 0.717) is 13.2 Å². The van der Waals surface area contributed by atoms with Crippen LogP contribution >= 0.6 is 0 Å². The molecule has 1 aromatic rings. The number of rotatable bonds is 4. The first kappa shape index (κ1) is 11.1. The fourth-order valence-electron chi connectivity index (χ4n) is 1.76. The van der Waals surface area contributed by atoms with Crippen molar-refractivity contribution in [3.05, 3.63) is 30.1 Å². The monoisotopic (exact) mass is 220 g/mol. The first-order chi connectivity index (χ1) is 7.86. The summed E-state index contributed by atoms with van der Waals surface area (Å²) in [5.74, 6) is 0.00781. The SMILES string of the molecule is O=C(NCCc1ccccn1)C1CCCO1. The molecule has 0 bridgehead atoms. The van der Waals surface area contributed by atoms with Crippen molar-refractivity contribution in [3.63, 3.8) is 0 Å². The number of ether oxygens (including phenoxy) is 1. The first-order valence-corrected chi connectivity index (χ1v) is 5.65. The van der Waals surface area contributed by atoms with Crippen LogP contribution in [0.3, 0.4) is 0 Å². The van der Waals surface area contributed by atoms with E-state index in [1.807, 2.05) is 18.2 Å². The van der Waals surface area contributed by atoms with Crippen molar-refractivity contribution in [1.29, 1.82) is 0 Å². The Morgan fingerprint density at radius 2 is 2.50 bits per heavy atom. The number of amides is 1. The molecule has 0 radical (unpaired) electrons. The van der Waals surface area contributed by atoms with Gasteiger partial charge in [-0.2, -0.15) is 0 Å². The van der Waals surface area contributed by atoms with Crippen LogP contribution in [0, 0.1) is 0 Å². The third kappa shape index (κ3) is 3.03. The number of nitrogens with zero attached hydrogens (tertiary/aromatic N) is 1. The zero-order chi connectivity index (χ0) is 11.2. The Bertz CT molecular complexity index is 334. The van der Waals surface area contributed by atoms with Gasteiger partial charge in [0.05, 0.1) is 0 Å². The molecule has 4 heteroatoms. The minimum absolute atomic E-state index is 0.00781. The van der Waals surface area contributed by atoms with Crippen LogP contribution in [-0.2, 0) is 16.0 Å². The third-order valence-corrected chi connectivity index (χ3v) is 2.63. The van der Waals surface area contributed by atoms with E-state index in [4.69, 9.17) is 4.74 Å². The molecule has 1 atom stereocenters. The van der Waals surface area contributed by atoms with Gasteiger partial charge in [-0.3, -0.25) is 9.78 Å². The molecule has 1 N–H and O–H groups in total. The number of nitrogens with one attached hydrogen (secondary N) is 1. The summed E-state index contributed by atoms with van der Waals surface area (Å²) in [4.78, 5) is 15.8. The second-order valence-corrected chi connectivity index (χ2v) is 3.86. The normalized spacial score (nSPS) is 19.6. The number of hydrogen-bond acceptors (Lipinski definition) is 3. The van der Waals surface area contributed by atoms with E-state index in [2.05, 4.69) is 10.3 Å². The molecule has 1 aliphatic heterocycles. The maximum atomic E-state index is 11.6. The molecule has 0 saturated carbocycles. The van der Waals surface area contributed by atoms with Crippen LogP contribution in [0.2, 0.25) is 0 Å². The maximum Gasteiger partial charge on any atom is 0.249 e. The lowest BCUT2D eigenvalue weighted by Crippen LogP contribution is -2.35. The summed E-state index contributed by atoms with van der Waals surface area (Å²) in [6.07, 6.45) is 4.12. The van der Waals surface area contributed by atoms with Gasteiger partial charge >= 0.3 is 0 Å². The van der Waals surface area contributed by atoms with Crippen molar-refractivity contribution in [2.45, 2.75) is 25.4 Å². The zero-order valence-electron chi connectivity index (χ0n) is 9.19. The van der Waals surface area contributed by atoms with Crippen molar-refractivity contribution < 1.29 is 9.53 Å². The molecule has 1 aliphatic rings. The van der Waals surface area contributed by atoms with E-state index in [9.17, 15) is 4.79 Å². The minimum atomic E-state index is -0.233. The molecule has 0 aliphatic carbocycles. The highest BCUT2D eigenvalue weighted by atomic mass is 16.5.